The summed E-state index contributed by atoms with van der Waals surface area (Å²) in [5, 5.41) is 2.68. The van der Waals surface area contributed by atoms with E-state index >= 15 is 0 Å². The lowest BCUT2D eigenvalue weighted by Gasteiger charge is -2.09. The van der Waals surface area contributed by atoms with Gasteiger partial charge in [-0.1, -0.05) is 49.2 Å². The highest BCUT2D eigenvalue weighted by Gasteiger charge is 2.13. The number of rotatable bonds is 3. The predicted octanol–water partition coefficient (Wildman–Crippen LogP) is 4.90. The van der Waals surface area contributed by atoms with Crippen LogP contribution < -0.4 is 0 Å². The fourth-order valence-electron chi connectivity index (χ4n) is 2.28. The molecular weight excluding hydrogens is 397 g/mol. The molecule has 106 valence electrons. The second-order valence-corrected chi connectivity index (χ2v) is 6.19. The van der Waals surface area contributed by atoms with E-state index in [2.05, 4.69) is 45.5 Å². The standard InChI is InChI=1S/C16H13ClIN3/c1-2-5-13-14(18)15(17)21-16(20-13)12-9-19-8-10-6-3-4-7-11(10)12/h3-4,6-9H,2,5H2,1H3. The van der Waals surface area contributed by atoms with Gasteiger partial charge in [-0.2, -0.15) is 0 Å². The molecule has 0 saturated heterocycles. The highest BCUT2D eigenvalue weighted by Crippen LogP contribution is 2.28. The third kappa shape index (κ3) is 2.87. The van der Waals surface area contributed by atoms with E-state index in [1.165, 1.54) is 0 Å². The Morgan fingerprint density at radius 3 is 2.76 bits per heavy atom. The average Bonchev–Trinajstić information content (AvgIpc) is 2.51. The van der Waals surface area contributed by atoms with Crippen LogP contribution in [0.25, 0.3) is 22.2 Å². The second-order valence-electron chi connectivity index (χ2n) is 4.76. The SMILES string of the molecule is CCCc1nc(-c2cncc3ccccc23)nc(Cl)c1I. The molecule has 0 radical (unpaired) electrons. The van der Waals surface area contributed by atoms with Crippen molar-refractivity contribution in [1.82, 2.24) is 15.0 Å². The molecule has 3 rings (SSSR count). The Hall–Kier alpha value is -1.27. The van der Waals surface area contributed by atoms with E-state index in [-0.39, 0.29) is 0 Å². The van der Waals surface area contributed by atoms with Gasteiger partial charge in [0.05, 0.1) is 9.26 Å². The Labute approximate surface area is 141 Å². The zero-order valence-corrected chi connectivity index (χ0v) is 14.4. The summed E-state index contributed by atoms with van der Waals surface area (Å²) in [4.78, 5) is 13.4. The molecule has 0 spiro atoms. The summed E-state index contributed by atoms with van der Waals surface area (Å²) in [6, 6.07) is 8.10. The van der Waals surface area contributed by atoms with E-state index in [4.69, 9.17) is 16.6 Å². The van der Waals surface area contributed by atoms with E-state index in [1.807, 2.05) is 24.4 Å². The minimum absolute atomic E-state index is 0.511. The minimum atomic E-state index is 0.511. The van der Waals surface area contributed by atoms with Crippen LogP contribution in [0.15, 0.2) is 36.7 Å². The number of benzene rings is 1. The van der Waals surface area contributed by atoms with Crippen molar-refractivity contribution in [3.05, 3.63) is 51.1 Å². The van der Waals surface area contributed by atoms with Gasteiger partial charge in [0.15, 0.2) is 5.82 Å². The number of aromatic nitrogens is 3. The molecule has 3 aromatic rings. The van der Waals surface area contributed by atoms with Crippen LogP contribution in [0.2, 0.25) is 5.15 Å². The Kier molecular flexibility index (Phi) is 4.35. The number of pyridine rings is 1. The van der Waals surface area contributed by atoms with E-state index < -0.39 is 0 Å². The van der Waals surface area contributed by atoms with Gasteiger partial charge in [-0.3, -0.25) is 4.98 Å². The van der Waals surface area contributed by atoms with Crippen LogP contribution >= 0.6 is 34.2 Å². The lowest BCUT2D eigenvalue weighted by atomic mass is 10.1. The maximum absolute atomic E-state index is 6.28. The first-order chi connectivity index (χ1) is 10.2. The summed E-state index contributed by atoms with van der Waals surface area (Å²) in [5.41, 5.74) is 1.92. The largest absolute Gasteiger partial charge is 0.263 e. The van der Waals surface area contributed by atoms with Crippen LogP contribution in [0.5, 0.6) is 0 Å². The van der Waals surface area contributed by atoms with Crippen molar-refractivity contribution >= 4 is 45.0 Å². The monoisotopic (exact) mass is 409 g/mol. The van der Waals surface area contributed by atoms with Gasteiger partial charge in [-0.05, 0) is 34.4 Å². The molecule has 1 aromatic carbocycles. The van der Waals surface area contributed by atoms with E-state index in [0.717, 1.165) is 38.4 Å². The van der Waals surface area contributed by atoms with Gasteiger partial charge in [0.25, 0.3) is 0 Å². The van der Waals surface area contributed by atoms with Crippen LogP contribution in [-0.2, 0) is 6.42 Å². The third-order valence-electron chi connectivity index (χ3n) is 3.28. The molecule has 0 amide bonds. The van der Waals surface area contributed by atoms with Crippen molar-refractivity contribution in [2.24, 2.45) is 0 Å². The Balaban J connectivity index is 2.23. The molecule has 0 N–H and O–H groups in total. The number of nitrogens with zero attached hydrogens (tertiary/aromatic N) is 3. The van der Waals surface area contributed by atoms with Crippen LogP contribution in [-0.4, -0.2) is 15.0 Å². The van der Waals surface area contributed by atoms with Gasteiger partial charge < -0.3 is 0 Å². The van der Waals surface area contributed by atoms with Crippen molar-refractivity contribution < 1.29 is 0 Å². The average molecular weight is 410 g/mol. The van der Waals surface area contributed by atoms with Gasteiger partial charge in [-0.25, -0.2) is 9.97 Å². The van der Waals surface area contributed by atoms with Crippen molar-refractivity contribution in [3.8, 4) is 11.4 Å². The molecule has 2 aromatic heterocycles. The van der Waals surface area contributed by atoms with Gasteiger partial charge in [0.2, 0.25) is 0 Å². The highest BCUT2D eigenvalue weighted by atomic mass is 127. The normalized spacial score (nSPS) is 11.0. The molecule has 0 unspecified atom stereocenters. The number of hydrogen-bond donors (Lipinski definition) is 0. The lowest BCUT2D eigenvalue weighted by molar-refractivity contribution is 0.867. The predicted molar refractivity (Wildman–Crippen MR) is 94.5 cm³/mol. The molecule has 5 heteroatoms. The molecule has 0 bridgehead atoms. The lowest BCUT2D eigenvalue weighted by Crippen LogP contribution is -2.01. The third-order valence-corrected chi connectivity index (χ3v) is 5.00. The van der Waals surface area contributed by atoms with Crippen LogP contribution in [0.3, 0.4) is 0 Å². The van der Waals surface area contributed by atoms with Crippen molar-refractivity contribution in [2.75, 3.05) is 0 Å². The number of fused-ring (bicyclic) bond motifs is 1. The van der Waals surface area contributed by atoms with Gasteiger partial charge in [0.1, 0.15) is 5.15 Å². The smallest absolute Gasteiger partial charge is 0.163 e. The molecule has 0 atom stereocenters. The molecule has 0 aliphatic carbocycles. The summed E-state index contributed by atoms with van der Waals surface area (Å²) >= 11 is 8.49. The summed E-state index contributed by atoms with van der Waals surface area (Å²) in [7, 11) is 0. The van der Waals surface area contributed by atoms with Crippen molar-refractivity contribution in [2.45, 2.75) is 19.8 Å². The molecule has 0 aliphatic rings. The summed E-state index contributed by atoms with van der Waals surface area (Å²) in [5.74, 6) is 0.646. The van der Waals surface area contributed by atoms with Gasteiger partial charge in [0, 0.05) is 23.3 Å². The summed E-state index contributed by atoms with van der Waals surface area (Å²) in [6.45, 7) is 2.13. The molecule has 3 nitrogen and oxygen atoms in total. The zero-order valence-electron chi connectivity index (χ0n) is 11.5. The minimum Gasteiger partial charge on any atom is -0.263 e. The number of halogens is 2. The Morgan fingerprint density at radius 1 is 1.14 bits per heavy atom. The van der Waals surface area contributed by atoms with E-state index in [0.29, 0.717) is 11.0 Å². The molecule has 0 aliphatic heterocycles. The fourth-order valence-corrected chi connectivity index (χ4v) is 2.98. The van der Waals surface area contributed by atoms with E-state index in [1.54, 1.807) is 6.20 Å². The summed E-state index contributed by atoms with van der Waals surface area (Å²) in [6.07, 6.45) is 5.57. The molecule has 0 saturated carbocycles. The van der Waals surface area contributed by atoms with Crippen molar-refractivity contribution in [1.29, 1.82) is 0 Å². The first-order valence-corrected chi connectivity index (χ1v) is 8.21. The quantitative estimate of drug-likeness (QED) is 0.456. The number of hydrogen-bond acceptors (Lipinski definition) is 3. The molecular formula is C16H13ClIN3. The van der Waals surface area contributed by atoms with Crippen molar-refractivity contribution in [3.63, 3.8) is 0 Å². The van der Waals surface area contributed by atoms with Gasteiger partial charge in [-0.15, -0.1) is 0 Å². The second kappa shape index (κ2) is 6.23. The molecule has 2 heterocycles. The van der Waals surface area contributed by atoms with Crippen LogP contribution in [0.4, 0.5) is 0 Å². The first kappa shape index (κ1) is 14.7. The molecule has 0 fully saturated rings. The maximum atomic E-state index is 6.28. The van der Waals surface area contributed by atoms with Crippen LogP contribution in [0, 0.1) is 3.57 Å². The van der Waals surface area contributed by atoms with Crippen LogP contribution in [0.1, 0.15) is 19.0 Å². The topological polar surface area (TPSA) is 38.7 Å². The summed E-state index contributed by atoms with van der Waals surface area (Å²) < 4.78 is 0.938. The number of aryl methyl sites for hydroxylation is 1. The Morgan fingerprint density at radius 2 is 1.95 bits per heavy atom. The van der Waals surface area contributed by atoms with Gasteiger partial charge >= 0.3 is 0 Å². The van der Waals surface area contributed by atoms with E-state index in [9.17, 15) is 0 Å². The highest BCUT2D eigenvalue weighted by molar-refractivity contribution is 14.1. The molecule has 21 heavy (non-hydrogen) atoms. The zero-order chi connectivity index (χ0) is 14.8. The fraction of sp³-hybridized carbons (Fsp3) is 0.188. The Bertz CT molecular complexity index is 799. The first-order valence-electron chi connectivity index (χ1n) is 6.75. The maximum Gasteiger partial charge on any atom is 0.163 e.